The Hall–Kier alpha value is -3.50. The first-order valence-corrected chi connectivity index (χ1v) is 12.4. The molecule has 0 bridgehead atoms. The Balaban J connectivity index is 1.51. The van der Waals surface area contributed by atoms with E-state index in [-0.39, 0.29) is 35.5 Å². The van der Waals surface area contributed by atoms with Gasteiger partial charge in [0.2, 0.25) is 5.88 Å². The van der Waals surface area contributed by atoms with Crippen LogP contribution in [0.15, 0.2) is 47.5 Å². The third kappa shape index (κ3) is 6.26. The van der Waals surface area contributed by atoms with Crippen LogP contribution in [-0.2, 0) is 4.74 Å². The summed E-state index contributed by atoms with van der Waals surface area (Å²) in [4.78, 5) is 29.5. The fourth-order valence-corrected chi connectivity index (χ4v) is 4.08. The van der Waals surface area contributed by atoms with E-state index in [2.05, 4.69) is 15.4 Å². The van der Waals surface area contributed by atoms with Gasteiger partial charge in [-0.3, -0.25) is 9.59 Å². The van der Waals surface area contributed by atoms with E-state index in [0.717, 1.165) is 4.68 Å². The van der Waals surface area contributed by atoms with E-state index in [1.54, 1.807) is 37.3 Å². The maximum atomic E-state index is 14.8. The summed E-state index contributed by atoms with van der Waals surface area (Å²) >= 11 is 6.27. The maximum Gasteiger partial charge on any atom is 0.292 e. The van der Waals surface area contributed by atoms with Gasteiger partial charge in [0.25, 0.3) is 5.56 Å². The van der Waals surface area contributed by atoms with Gasteiger partial charge in [0.1, 0.15) is 16.5 Å². The summed E-state index contributed by atoms with van der Waals surface area (Å²) in [7, 11) is 0. The highest BCUT2D eigenvalue weighted by molar-refractivity contribution is 6.32. The van der Waals surface area contributed by atoms with Crippen LogP contribution in [0, 0.1) is 0 Å². The van der Waals surface area contributed by atoms with Crippen LogP contribution >= 0.6 is 11.6 Å². The zero-order chi connectivity index (χ0) is 26.4. The van der Waals surface area contributed by atoms with Crippen LogP contribution in [0.5, 0.6) is 17.4 Å². The number of aromatic nitrogens is 3. The molecule has 1 fully saturated rings. The van der Waals surface area contributed by atoms with Crippen molar-refractivity contribution in [3.8, 4) is 23.1 Å². The number of ketones is 1. The van der Waals surface area contributed by atoms with Gasteiger partial charge in [-0.1, -0.05) is 18.5 Å². The number of hydrogen-bond donors (Lipinski definition) is 1. The highest BCUT2D eigenvalue weighted by Crippen LogP contribution is 2.30. The molecule has 3 heterocycles. The molecule has 1 N–H and O–H groups in total. The highest BCUT2D eigenvalue weighted by Gasteiger charge is 2.32. The lowest BCUT2D eigenvalue weighted by Crippen LogP contribution is -2.40. The lowest BCUT2D eigenvalue weighted by Gasteiger charge is -2.29. The number of carbonyl (C=O) groups excluding carboxylic acids is 1. The maximum absolute atomic E-state index is 14.8. The lowest BCUT2D eigenvalue weighted by molar-refractivity contribution is -0.0234. The first-order valence-electron chi connectivity index (χ1n) is 12.1. The van der Waals surface area contributed by atoms with Gasteiger partial charge in [-0.2, -0.15) is 9.78 Å². The number of rotatable bonds is 10. The molecule has 1 atom stereocenters. The van der Waals surface area contributed by atoms with Crippen LogP contribution in [0.25, 0.3) is 5.69 Å². The fraction of sp³-hybridized carbons (Fsp3) is 0.385. The molecule has 37 heavy (non-hydrogen) atoms. The Morgan fingerprint density at radius 3 is 2.78 bits per heavy atom. The molecule has 1 aliphatic rings. The third-order valence-corrected chi connectivity index (χ3v) is 6.22. The number of nitrogens with one attached hydrogen (secondary N) is 1. The molecule has 196 valence electrons. The molecule has 2 aromatic heterocycles. The molecule has 0 aliphatic carbocycles. The van der Waals surface area contributed by atoms with Crippen molar-refractivity contribution in [2.45, 2.75) is 38.8 Å². The number of anilines is 1. The predicted octanol–water partition coefficient (Wildman–Crippen LogP) is 5.00. The van der Waals surface area contributed by atoms with Gasteiger partial charge in [0, 0.05) is 25.2 Å². The van der Waals surface area contributed by atoms with Crippen molar-refractivity contribution in [3.63, 3.8) is 0 Å². The van der Waals surface area contributed by atoms with Crippen LogP contribution in [0.1, 0.15) is 43.5 Å². The first kappa shape index (κ1) is 26.6. The molecule has 0 saturated carbocycles. The van der Waals surface area contributed by atoms with Gasteiger partial charge in [-0.15, -0.1) is 0 Å². The summed E-state index contributed by atoms with van der Waals surface area (Å²) in [6, 6.07) is 8.15. The second-order valence-corrected chi connectivity index (χ2v) is 8.95. The Morgan fingerprint density at radius 1 is 1.27 bits per heavy atom. The normalized spacial score (nSPS) is 17.3. The summed E-state index contributed by atoms with van der Waals surface area (Å²) in [6.07, 6.45) is 4.08. The molecular formula is C26H28ClFN4O5. The van der Waals surface area contributed by atoms with E-state index in [1.807, 2.05) is 6.92 Å². The number of nitrogens with zero attached hydrogens (tertiary/aromatic N) is 3. The molecule has 1 unspecified atom stereocenters. The second kappa shape index (κ2) is 11.7. The molecule has 1 saturated heterocycles. The largest absolute Gasteiger partial charge is 0.494 e. The minimum atomic E-state index is -1.53. The Morgan fingerprint density at radius 2 is 2.11 bits per heavy atom. The topological polar surface area (TPSA) is 105 Å². The number of Topliss-reactive ketones (excluding diaryl/α,β-unsaturated/α-hetero) is 1. The minimum absolute atomic E-state index is 0.00772. The van der Waals surface area contributed by atoms with Crippen LogP contribution in [0.4, 0.5) is 10.1 Å². The standard InChI is InChI=1S/C26H28ClFN4O5/c1-3-21(33)19-8-7-18(36-4-2)12-22(19)37-23-9-6-17(13-29-23)32-25(34)24(27)20(14-31-32)30-15-26(28)10-5-11-35-16-26/h6-9,12-14,30H,3-5,10-11,15-16H2,1-2H3. The Labute approximate surface area is 218 Å². The fourth-order valence-electron chi connectivity index (χ4n) is 3.89. The highest BCUT2D eigenvalue weighted by atomic mass is 35.5. The SMILES string of the molecule is CCOc1ccc(C(=O)CC)c(Oc2ccc(-n3ncc(NCC4(F)CCCOC4)c(Cl)c3=O)cn2)c1. The van der Waals surface area contributed by atoms with Crippen molar-refractivity contribution >= 4 is 23.1 Å². The van der Waals surface area contributed by atoms with Crippen molar-refractivity contribution in [1.29, 1.82) is 0 Å². The van der Waals surface area contributed by atoms with Crippen molar-refractivity contribution in [2.24, 2.45) is 0 Å². The van der Waals surface area contributed by atoms with Gasteiger partial charge in [0.15, 0.2) is 11.5 Å². The van der Waals surface area contributed by atoms with Gasteiger partial charge in [0.05, 0.1) is 49.1 Å². The van der Waals surface area contributed by atoms with E-state index in [1.165, 1.54) is 12.4 Å². The molecule has 0 spiro atoms. The summed E-state index contributed by atoms with van der Waals surface area (Å²) < 4.78 is 32.5. The Kier molecular flexibility index (Phi) is 8.40. The van der Waals surface area contributed by atoms with E-state index in [4.69, 9.17) is 25.8 Å². The quantitative estimate of drug-likeness (QED) is 0.365. The van der Waals surface area contributed by atoms with Crippen LogP contribution in [-0.4, -0.2) is 52.6 Å². The smallest absolute Gasteiger partial charge is 0.292 e. The number of benzene rings is 1. The van der Waals surface area contributed by atoms with Crippen LogP contribution in [0.2, 0.25) is 5.02 Å². The second-order valence-electron chi connectivity index (χ2n) is 8.57. The van der Waals surface area contributed by atoms with Crippen molar-refractivity contribution in [1.82, 2.24) is 14.8 Å². The molecule has 1 aromatic carbocycles. The van der Waals surface area contributed by atoms with Gasteiger partial charge in [-0.05, 0) is 38.0 Å². The monoisotopic (exact) mass is 530 g/mol. The van der Waals surface area contributed by atoms with E-state index < -0.39 is 11.2 Å². The molecule has 0 amide bonds. The zero-order valence-corrected chi connectivity index (χ0v) is 21.4. The molecule has 0 radical (unpaired) electrons. The molecule has 4 rings (SSSR count). The summed E-state index contributed by atoms with van der Waals surface area (Å²) in [6.45, 7) is 4.59. The zero-order valence-electron chi connectivity index (χ0n) is 20.6. The number of halogens is 2. The van der Waals surface area contributed by atoms with Crippen molar-refractivity contribution < 1.29 is 23.4 Å². The van der Waals surface area contributed by atoms with Crippen LogP contribution < -0.4 is 20.3 Å². The van der Waals surface area contributed by atoms with Gasteiger partial charge < -0.3 is 19.5 Å². The predicted molar refractivity (Wildman–Crippen MR) is 137 cm³/mol. The first-order chi connectivity index (χ1) is 17.8. The molecule has 3 aromatic rings. The summed E-state index contributed by atoms with van der Waals surface area (Å²) in [5, 5.41) is 6.91. The average Bonchev–Trinajstić information content (AvgIpc) is 2.90. The van der Waals surface area contributed by atoms with Crippen LogP contribution in [0.3, 0.4) is 0 Å². The molecular weight excluding hydrogens is 503 g/mol. The van der Waals surface area contributed by atoms with Crippen molar-refractivity contribution in [3.05, 3.63) is 63.7 Å². The van der Waals surface area contributed by atoms with Gasteiger partial charge >= 0.3 is 0 Å². The number of hydrogen-bond acceptors (Lipinski definition) is 8. The molecule has 9 nitrogen and oxygen atoms in total. The average molecular weight is 531 g/mol. The number of ether oxygens (including phenoxy) is 3. The van der Waals surface area contributed by atoms with Crippen molar-refractivity contribution in [2.75, 3.05) is 31.7 Å². The molecule has 1 aliphatic heterocycles. The van der Waals surface area contributed by atoms with E-state index >= 15 is 0 Å². The van der Waals surface area contributed by atoms with E-state index in [0.29, 0.717) is 55.2 Å². The number of pyridine rings is 1. The lowest BCUT2D eigenvalue weighted by atomic mass is 9.99. The van der Waals surface area contributed by atoms with Gasteiger partial charge in [-0.25, -0.2) is 9.37 Å². The number of alkyl halides is 1. The Bertz CT molecular complexity index is 1310. The third-order valence-electron chi connectivity index (χ3n) is 5.85. The number of carbonyl (C=O) groups is 1. The summed E-state index contributed by atoms with van der Waals surface area (Å²) in [5.41, 5.74) is -1.11. The molecule has 11 heteroatoms. The minimum Gasteiger partial charge on any atom is -0.494 e. The summed E-state index contributed by atoms with van der Waals surface area (Å²) in [5.74, 6) is 1.02. The van der Waals surface area contributed by atoms with E-state index in [9.17, 15) is 14.0 Å².